The monoisotopic (exact) mass is 219 g/mol. The van der Waals surface area contributed by atoms with Crippen LogP contribution < -0.4 is 0 Å². The molecule has 0 fully saturated rings. The molecule has 0 aromatic heterocycles. The van der Waals surface area contributed by atoms with Gasteiger partial charge in [-0.05, 0) is 12.3 Å². The molecule has 1 N–H and O–H groups in total. The van der Waals surface area contributed by atoms with Gasteiger partial charge >= 0.3 is 5.97 Å². The molecule has 0 aliphatic rings. The summed E-state index contributed by atoms with van der Waals surface area (Å²) in [4.78, 5) is 23.3. The maximum absolute atomic E-state index is 11.2. The molecule has 0 aliphatic heterocycles. The highest BCUT2D eigenvalue weighted by Gasteiger charge is 2.26. The molecule has 0 radical (unpaired) electrons. The topological polar surface area (TPSA) is 57.6 Å². The average Bonchev–Trinajstić information content (AvgIpc) is 2.11. The van der Waals surface area contributed by atoms with E-state index in [2.05, 4.69) is 12.6 Å². The highest BCUT2D eigenvalue weighted by atomic mass is 32.1. The van der Waals surface area contributed by atoms with Gasteiger partial charge in [-0.15, -0.1) is 0 Å². The van der Waals surface area contributed by atoms with Gasteiger partial charge in [0.15, 0.2) is 0 Å². The summed E-state index contributed by atoms with van der Waals surface area (Å²) >= 11 is 3.82. The molecule has 0 spiro atoms. The van der Waals surface area contributed by atoms with Crippen LogP contribution in [0.4, 0.5) is 0 Å². The second-order valence-electron chi connectivity index (χ2n) is 3.65. The minimum atomic E-state index is -0.962. The van der Waals surface area contributed by atoms with Crippen LogP contribution in [0.5, 0.6) is 0 Å². The molecule has 0 aliphatic carbocycles. The molecular formula is C9H17NO3S. The van der Waals surface area contributed by atoms with Crippen LogP contribution in [0, 0.1) is 5.92 Å². The lowest BCUT2D eigenvalue weighted by atomic mass is 10.0. The third kappa shape index (κ3) is 4.00. The molecule has 0 saturated heterocycles. The number of carbonyl (C=O) groups excluding carboxylic acids is 1. The molecule has 14 heavy (non-hydrogen) atoms. The lowest BCUT2D eigenvalue weighted by Gasteiger charge is -2.25. The van der Waals surface area contributed by atoms with E-state index >= 15 is 0 Å². The fourth-order valence-electron chi connectivity index (χ4n) is 1.16. The van der Waals surface area contributed by atoms with Gasteiger partial charge in [0.25, 0.3) is 0 Å². The number of likely N-dealkylation sites (N-methyl/N-ethyl adjacent to an activating group) is 1. The minimum Gasteiger partial charge on any atom is -0.480 e. The van der Waals surface area contributed by atoms with Crippen molar-refractivity contribution in [3.8, 4) is 0 Å². The number of hydrogen-bond donors (Lipinski definition) is 2. The first-order valence-corrected chi connectivity index (χ1v) is 5.12. The highest BCUT2D eigenvalue weighted by Crippen LogP contribution is 2.11. The third-order valence-corrected chi connectivity index (χ3v) is 2.25. The van der Waals surface area contributed by atoms with Crippen LogP contribution >= 0.6 is 12.6 Å². The summed E-state index contributed by atoms with van der Waals surface area (Å²) in [6.07, 6.45) is 0.464. The van der Waals surface area contributed by atoms with Gasteiger partial charge in [-0.2, -0.15) is 12.6 Å². The van der Waals surface area contributed by atoms with Crippen molar-refractivity contribution in [2.45, 2.75) is 26.3 Å². The van der Waals surface area contributed by atoms with Crippen molar-refractivity contribution >= 4 is 24.5 Å². The summed E-state index contributed by atoms with van der Waals surface area (Å²) < 4.78 is 0. The molecule has 0 unspecified atom stereocenters. The number of carbonyl (C=O) groups is 2. The van der Waals surface area contributed by atoms with E-state index in [0.29, 0.717) is 6.42 Å². The molecule has 5 heteroatoms. The van der Waals surface area contributed by atoms with E-state index in [0.717, 1.165) is 0 Å². The van der Waals surface area contributed by atoms with Gasteiger partial charge in [0.05, 0.1) is 5.75 Å². The van der Waals surface area contributed by atoms with Crippen LogP contribution in [-0.4, -0.2) is 40.7 Å². The maximum atomic E-state index is 11.2. The summed E-state index contributed by atoms with van der Waals surface area (Å²) in [7, 11) is 1.50. The van der Waals surface area contributed by atoms with Crippen LogP contribution in [0.15, 0.2) is 0 Å². The Morgan fingerprint density at radius 1 is 1.43 bits per heavy atom. The lowest BCUT2D eigenvalue weighted by molar-refractivity contribution is -0.148. The molecular weight excluding hydrogens is 202 g/mol. The Balaban J connectivity index is 4.48. The van der Waals surface area contributed by atoms with E-state index in [1.807, 2.05) is 13.8 Å². The van der Waals surface area contributed by atoms with Gasteiger partial charge < -0.3 is 10.0 Å². The Bertz CT molecular complexity index is 218. The Morgan fingerprint density at radius 3 is 2.21 bits per heavy atom. The molecule has 0 bridgehead atoms. The Morgan fingerprint density at radius 2 is 1.93 bits per heavy atom. The zero-order chi connectivity index (χ0) is 11.3. The first-order valence-electron chi connectivity index (χ1n) is 4.49. The van der Waals surface area contributed by atoms with Gasteiger partial charge in [0.1, 0.15) is 6.04 Å². The summed E-state index contributed by atoms with van der Waals surface area (Å²) in [5.74, 6) is -0.942. The van der Waals surface area contributed by atoms with Crippen molar-refractivity contribution in [1.82, 2.24) is 4.90 Å². The van der Waals surface area contributed by atoms with Crippen molar-refractivity contribution in [2.75, 3.05) is 12.8 Å². The number of nitrogens with zero attached hydrogens (tertiary/aromatic N) is 1. The van der Waals surface area contributed by atoms with Gasteiger partial charge in [-0.1, -0.05) is 13.8 Å². The van der Waals surface area contributed by atoms with Gasteiger partial charge in [0.2, 0.25) is 5.91 Å². The zero-order valence-corrected chi connectivity index (χ0v) is 9.62. The number of hydrogen-bond acceptors (Lipinski definition) is 3. The first kappa shape index (κ1) is 13.3. The summed E-state index contributed by atoms with van der Waals surface area (Å²) in [5.41, 5.74) is 0. The Hall–Kier alpha value is -0.710. The van der Waals surface area contributed by atoms with E-state index in [9.17, 15) is 9.59 Å². The smallest absolute Gasteiger partial charge is 0.326 e. The standard InChI is InChI=1S/C9H17NO3S/c1-6(2)4-7(9(12)13)10(3)8(11)5-14/h6-7,14H,4-5H2,1-3H3,(H,12,13)/t7-/m0/s1. The van der Waals surface area contributed by atoms with E-state index in [-0.39, 0.29) is 17.6 Å². The molecule has 1 amide bonds. The quantitative estimate of drug-likeness (QED) is 0.675. The lowest BCUT2D eigenvalue weighted by Crippen LogP contribution is -2.43. The number of amides is 1. The number of carboxylic acid groups (broad SMARTS) is 1. The number of rotatable bonds is 5. The normalized spacial score (nSPS) is 12.6. The average molecular weight is 219 g/mol. The Kier molecular flexibility index (Phi) is 5.60. The number of aliphatic carboxylic acids is 1. The first-order chi connectivity index (χ1) is 6.40. The van der Waals surface area contributed by atoms with E-state index < -0.39 is 12.0 Å². The molecule has 1 atom stereocenters. The van der Waals surface area contributed by atoms with E-state index in [1.165, 1.54) is 11.9 Å². The van der Waals surface area contributed by atoms with Crippen molar-refractivity contribution in [1.29, 1.82) is 0 Å². The molecule has 82 valence electrons. The van der Waals surface area contributed by atoms with Crippen LogP contribution in [0.1, 0.15) is 20.3 Å². The fraction of sp³-hybridized carbons (Fsp3) is 0.778. The predicted molar refractivity (Wildman–Crippen MR) is 57.5 cm³/mol. The largest absolute Gasteiger partial charge is 0.480 e. The van der Waals surface area contributed by atoms with Crippen LogP contribution in [0.25, 0.3) is 0 Å². The maximum Gasteiger partial charge on any atom is 0.326 e. The molecule has 0 saturated carbocycles. The summed E-state index contributed by atoms with van der Waals surface area (Å²) in [6.45, 7) is 3.85. The summed E-state index contributed by atoms with van der Waals surface area (Å²) in [6, 6.07) is -0.741. The number of carboxylic acids is 1. The second-order valence-corrected chi connectivity index (χ2v) is 3.96. The van der Waals surface area contributed by atoms with E-state index in [1.54, 1.807) is 0 Å². The molecule has 0 aromatic rings. The predicted octanol–water partition coefficient (Wildman–Crippen LogP) is 0.874. The molecule has 0 rings (SSSR count). The SMILES string of the molecule is CC(C)C[C@@H](C(=O)O)N(C)C(=O)CS. The number of thiol groups is 1. The van der Waals surface area contributed by atoms with Crippen molar-refractivity contribution in [2.24, 2.45) is 5.92 Å². The fourth-order valence-corrected chi connectivity index (χ4v) is 1.38. The molecule has 0 heterocycles. The van der Waals surface area contributed by atoms with Crippen LogP contribution in [0.3, 0.4) is 0 Å². The van der Waals surface area contributed by atoms with E-state index in [4.69, 9.17) is 5.11 Å². The van der Waals surface area contributed by atoms with Crippen molar-refractivity contribution in [3.63, 3.8) is 0 Å². The zero-order valence-electron chi connectivity index (χ0n) is 8.73. The van der Waals surface area contributed by atoms with Crippen LogP contribution in [0.2, 0.25) is 0 Å². The summed E-state index contributed by atoms with van der Waals surface area (Å²) in [5, 5.41) is 8.92. The third-order valence-electron chi connectivity index (χ3n) is 1.98. The van der Waals surface area contributed by atoms with Gasteiger partial charge in [-0.25, -0.2) is 4.79 Å². The van der Waals surface area contributed by atoms with Gasteiger partial charge in [-0.3, -0.25) is 4.79 Å². The van der Waals surface area contributed by atoms with Crippen molar-refractivity contribution < 1.29 is 14.7 Å². The molecule has 0 aromatic carbocycles. The Labute approximate surface area is 89.7 Å². The van der Waals surface area contributed by atoms with Gasteiger partial charge in [0, 0.05) is 7.05 Å². The van der Waals surface area contributed by atoms with Crippen LogP contribution in [-0.2, 0) is 9.59 Å². The minimum absolute atomic E-state index is 0.0401. The highest BCUT2D eigenvalue weighted by molar-refractivity contribution is 7.81. The van der Waals surface area contributed by atoms with Crippen molar-refractivity contribution in [3.05, 3.63) is 0 Å². The second kappa shape index (κ2) is 5.90. The molecule has 4 nitrogen and oxygen atoms in total.